The summed E-state index contributed by atoms with van der Waals surface area (Å²) in [5.74, 6) is 0. The topological polar surface area (TPSA) is 27.7 Å². The molecule has 62 valence electrons. The van der Waals surface area contributed by atoms with Crippen LogP contribution in [-0.2, 0) is 12.5 Å². The van der Waals surface area contributed by atoms with E-state index in [1.54, 1.807) is 7.11 Å². The van der Waals surface area contributed by atoms with Crippen LogP contribution in [0.3, 0.4) is 0 Å². The lowest BCUT2D eigenvalue weighted by molar-refractivity contribution is -0.00719. The molecule has 2 radical (unpaired) electrons. The minimum atomic E-state index is -0.198. The fourth-order valence-corrected chi connectivity index (χ4v) is 1.56. The molecule has 3 atom stereocenters. The number of hydrogen-bond donors (Lipinski definition) is 0. The summed E-state index contributed by atoms with van der Waals surface area (Å²) in [6, 6.07) is -0.198. The molecule has 0 aromatic rings. The molecule has 3 nitrogen and oxygen atoms in total. The highest BCUT2D eigenvalue weighted by Crippen LogP contribution is 2.21. The molecule has 1 heterocycles. The predicted molar refractivity (Wildman–Crippen MR) is 49.8 cm³/mol. The van der Waals surface area contributed by atoms with E-state index in [4.69, 9.17) is 20.4 Å². The minimum absolute atomic E-state index is 0.00750. The molecule has 0 N–H and O–H groups in total. The van der Waals surface area contributed by atoms with Crippen LogP contribution in [0.15, 0.2) is 0 Å². The molecule has 1 fully saturated rings. The van der Waals surface area contributed by atoms with Crippen LogP contribution in [0.1, 0.15) is 6.42 Å². The van der Waals surface area contributed by atoms with Gasteiger partial charge in [-0.25, -0.2) is 0 Å². The third-order valence-electron chi connectivity index (χ3n) is 1.76. The molecule has 0 bridgehead atoms. The van der Waals surface area contributed by atoms with Crippen LogP contribution >= 0.6 is 23.0 Å². The number of hydrogen-bond acceptors (Lipinski definition) is 3. The van der Waals surface area contributed by atoms with Crippen molar-refractivity contribution in [2.24, 2.45) is 0 Å². The van der Waals surface area contributed by atoms with Gasteiger partial charge in [0.15, 0.2) is 0 Å². The van der Waals surface area contributed by atoms with Crippen LogP contribution in [0.4, 0.5) is 0 Å². The highest BCUT2D eigenvalue weighted by atomic mass is 127. The third kappa shape index (κ3) is 2.57. The first kappa shape index (κ1) is 9.76. The second-order valence-electron chi connectivity index (χ2n) is 2.50. The normalized spacial score (nSPS) is 37.8. The Morgan fingerprint density at radius 3 is 3.00 bits per heavy atom. The Labute approximate surface area is 81.9 Å². The molecule has 0 amide bonds. The number of ether oxygens (including phenoxy) is 2. The van der Waals surface area contributed by atoms with Crippen molar-refractivity contribution in [1.82, 2.24) is 0 Å². The molecule has 0 saturated carbocycles. The van der Waals surface area contributed by atoms with E-state index in [-0.39, 0.29) is 18.2 Å². The number of methoxy groups -OCH3 is 1. The Kier molecular flexibility index (Phi) is 4.12. The van der Waals surface area contributed by atoms with Gasteiger partial charge in [-0.05, 0) is 6.42 Å². The molecular formula is C6H10BIO3. The van der Waals surface area contributed by atoms with Crippen LogP contribution in [0.25, 0.3) is 0 Å². The average Bonchev–Trinajstić information content (AvgIpc) is 2.32. The highest BCUT2D eigenvalue weighted by molar-refractivity contribution is 14.1. The van der Waals surface area contributed by atoms with Crippen LogP contribution < -0.4 is 0 Å². The molecular weight excluding hydrogens is 258 g/mol. The molecule has 11 heavy (non-hydrogen) atoms. The Morgan fingerprint density at radius 1 is 1.73 bits per heavy atom. The van der Waals surface area contributed by atoms with Gasteiger partial charge < -0.3 is 12.5 Å². The number of rotatable bonds is 3. The van der Waals surface area contributed by atoms with Crippen molar-refractivity contribution in [3.05, 3.63) is 0 Å². The van der Waals surface area contributed by atoms with E-state index in [9.17, 15) is 0 Å². The molecule has 1 rings (SSSR count). The molecule has 0 spiro atoms. The molecule has 0 aromatic carbocycles. The zero-order chi connectivity index (χ0) is 8.27. The van der Waals surface area contributed by atoms with E-state index >= 15 is 0 Å². The van der Waals surface area contributed by atoms with Crippen molar-refractivity contribution >= 4 is 30.9 Å². The first-order chi connectivity index (χ1) is 5.27. The van der Waals surface area contributed by atoms with E-state index < -0.39 is 0 Å². The van der Waals surface area contributed by atoms with Crippen molar-refractivity contribution in [2.45, 2.75) is 24.6 Å². The lowest BCUT2D eigenvalue weighted by atomic mass is 9.96. The Balaban J connectivity index is 2.37. The summed E-state index contributed by atoms with van der Waals surface area (Å²) in [7, 11) is 7.22. The summed E-state index contributed by atoms with van der Waals surface area (Å²) >= 11 is 1.83. The predicted octanol–water partition coefficient (Wildman–Crippen LogP) is 0.651. The second kappa shape index (κ2) is 4.64. The van der Waals surface area contributed by atoms with Crippen LogP contribution in [0, 0.1) is 0 Å². The van der Waals surface area contributed by atoms with E-state index in [0.717, 1.165) is 6.42 Å². The van der Waals surface area contributed by atoms with Gasteiger partial charge in [-0.3, -0.25) is 0 Å². The van der Waals surface area contributed by atoms with Gasteiger partial charge in [0.2, 0.25) is 0 Å². The van der Waals surface area contributed by atoms with Gasteiger partial charge in [-0.1, -0.05) is 0 Å². The smallest absolute Gasteiger partial charge is 0.109 e. The van der Waals surface area contributed by atoms with Gasteiger partial charge in [0, 0.05) is 13.1 Å². The monoisotopic (exact) mass is 268 g/mol. The summed E-state index contributed by atoms with van der Waals surface area (Å²) < 4.78 is 15.4. The van der Waals surface area contributed by atoms with Gasteiger partial charge in [-0.2, -0.15) is 0 Å². The van der Waals surface area contributed by atoms with Gasteiger partial charge in [-0.15, -0.1) is 0 Å². The van der Waals surface area contributed by atoms with Crippen LogP contribution in [0.5, 0.6) is 0 Å². The van der Waals surface area contributed by atoms with Gasteiger partial charge in [0.25, 0.3) is 0 Å². The average molecular weight is 268 g/mol. The van der Waals surface area contributed by atoms with Crippen LogP contribution in [-0.4, -0.2) is 39.8 Å². The maximum atomic E-state index is 5.56. The summed E-state index contributed by atoms with van der Waals surface area (Å²) in [5.41, 5.74) is 0. The summed E-state index contributed by atoms with van der Waals surface area (Å²) in [6.07, 6.45) is 0.827. The third-order valence-corrected chi connectivity index (χ3v) is 2.12. The first-order valence-corrected chi connectivity index (χ1v) is 4.33. The quantitative estimate of drug-likeness (QED) is 0.555. The number of halogens is 1. The Hall–Kier alpha value is 0.675. The van der Waals surface area contributed by atoms with E-state index in [0.29, 0.717) is 6.61 Å². The minimum Gasteiger partial charge on any atom is -0.380 e. The van der Waals surface area contributed by atoms with Crippen molar-refractivity contribution in [3.63, 3.8) is 0 Å². The fraction of sp³-hybridized carbons (Fsp3) is 1.00. The summed E-state index contributed by atoms with van der Waals surface area (Å²) in [5, 5.41) is 0. The maximum Gasteiger partial charge on any atom is 0.109 e. The molecule has 1 aliphatic heterocycles. The lowest BCUT2D eigenvalue weighted by Crippen LogP contribution is -2.26. The maximum absolute atomic E-state index is 5.56. The largest absolute Gasteiger partial charge is 0.380 e. The van der Waals surface area contributed by atoms with Gasteiger partial charge in [0.05, 0.1) is 12.7 Å². The van der Waals surface area contributed by atoms with Crippen molar-refractivity contribution < 1.29 is 12.5 Å². The fourth-order valence-electron chi connectivity index (χ4n) is 1.21. The van der Waals surface area contributed by atoms with Crippen molar-refractivity contribution in [1.29, 1.82) is 0 Å². The SMILES string of the molecule is [B][C@H]1CC(OC)[C@@H](COI)O1. The van der Waals surface area contributed by atoms with E-state index in [1.807, 2.05) is 23.0 Å². The molecule has 1 unspecified atom stereocenters. The molecule has 1 saturated heterocycles. The van der Waals surface area contributed by atoms with Crippen molar-refractivity contribution in [3.8, 4) is 0 Å². The van der Waals surface area contributed by atoms with E-state index in [1.165, 1.54) is 0 Å². The second-order valence-corrected chi connectivity index (χ2v) is 3.12. The molecule has 1 aliphatic rings. The standard InChI is InChI=1S/C6H10BIO3/c1-9-4-2-6(7)11-5(4)3-10-8/h4-6H,2-3H2,1H3/t4?,5-,6-/m1/s1. The Bertz CT molecular complexity index is 124. The summed E-state index contributed by atoms with van der Waals surface area (Å²) in [6.45, 7) is 0.534. The van der Waals surface area contributed by atoms with Crippen molar-refractivity contribution in [2.75, 3.05) is 13.7 Å². The first-order valence-electron chi connectivity index (χ1n) is 3.45. The molecule has 0 aromatic heterocycles. The lowest BCUT2D eigenvalue weighted by Gasteiger charge is -2.14. The van der Waals surface area contributed by atoms with Gasteiger partial charge >= 0.3 is 0 Å². The zero-order valence-corrected chi connectivity index (χ0v) is 8.48. The van der Waals surface area contributed by atoms with Gasteiger partial charge in [0.1, 0.15) is 37.0 Å². The highest BCUT2D eigenvalue weighted by Gasteiger charge is 2.32. The van der Waals surface area contributed by atoms with E-state index in [2.05, 4.69) is 0 Å². The molecule has 5 heteroatoms. The summed E-state index contributed by atoms with van der Waals surface area (Å²) in [4.78, 5) is 0. The molecule has 0 aliphatic carbocycles. The zero-order valence-electron chi connectivity index (χ0n) is 6.33. The van der Waals surface area contributed by atoms with Crippen LogP contribution in [0.2, 0.25) is 0 Å². The Morgan fingerprint density at radius 2 is 2.45 bits per heavy atom.